The van der Waals surface area contributed by atoms with E-state index >= 15 is 0 Å². The summed E-state index contributed by atoms with van der Waals surface area (Å²) in [6.07, 6.45) is 0. The molecule has 1 aromatic heterocycles. The molecule has 0 saturated heterocycles. The number of nitrogens with zero attached hydrogens (tertiary/aromatic N) is 4. The lowest BCUT2D eigenvalue weighted by Gasteiger charge is -2.43. The maximum atomic E-state index is 2.70. The molecule has 15 aromatic rings. The third-order valence-electron chi connectivity index (χ3n) is 21.8. The number of rotatable bonds is 12. The number of aromatic nitrogens is 1. The fourth-order valence-electron chi connectivity index (χ4n) is 16.1. The van der Waals surface area contributed by atoms with Crippen molar-refractivity contribution in [1.29, 1.82) is 0 Å². The molecule has 0 unspecified atom stereocenters. The first kappa shape index (κ1) is 67.8. The molecular weight excluding hydrogens is 1300 g/mol. The SMILES string of the molecule is CC(C)(C)c1ccc(-c2cccc(-c3ccc(C(C)(C)C)cc3)c2N2c3cc(N(c4ccccc4)c4cccc(-c5ccccc5)c4)ccc3B3c4ccc5c(c4Sc4cc(N(c6ccccc6)c6cccc(-c7ccccc7)c6)cc2c43)c2ccccc2n5-c2cc(C(C)(C)C)cc(C(C)(C)C)c2)cc1. The molecule has 518 valence electrons. The van der Waals surface area contributed by atoms with E-state index in [1.165, 1.54) is 87.1 Å². The van der Waals surface area contributed by atoms with Gasteiger partial charge in [-0.15, -0.1) is 0 Å². The topological polar surface area (TPSA) is 14.7 Å². The van der Waals surface area contributed by atoms with E-state index in [4.69, 9.17) is 0 Å². The first-order chi connectivity index (χ1) is 51.1. The van der Waals surface area contributed by atoms with Crippen LogP contribution < -0.4 is 31.1 Å². The van der Waals surface area contributed by atoms with Crippen LogP contribution in [0.1, 0.15) is 105 Å². The number of fused-ring (bicyclic) bond motifs is 8. The fraction of sp³-hybridized carbons (Fsp3) is 0.160. The van der Waals surface area contributed by atoms with E-state index in [1.54, 1.807) is 0 Å². The predicted molar refractivity (Wildman–Crippen MR) is 457 cm³/mol. The second-order valence-corrected chi connectivity index (χ2v) is 34.1. The Morgan fingerprint density at radius 2 is 0.736 bits per heavy atom. The molecule has 0 amide bonds. The van der Waals surface area contributed by atoms with Gasteiger partial charge in [-0.2, -0.15) is 0 Å². The Hall–Kier alpha value is -11.3. The van der Waals surface area contributed by atoms with Crippen molar-refractivity contribution < 1.29 is 0 Å². The molecule has 4 nitrogen and oxygen atoms in total. The molecule has 2 aliphatic heterocycles. The number of para-hydroxylation sites is 4. The van der Waals surface area contributed by atoms with Crippen LogP contribution in [-0.4, -0.2) is 11.3 Å². The highest BCUT2D eigenvalue weighted by molar-refractivity contribution is 8.00. The van der Waals surface area contributed by atoms with Crippen molar-refractivity contribution in [1.82, 2.24) is 4.57 Å². The number of hydrogen-bond acceptors (Lipinski definition) is 4. The third-order valence-corrected chi connectivity index (χ3v) is 23.0. The minimum atomic E-state index is -0.204. The Kier molecular flexibility index (Phi) is 16.9. The van der Waals surface area contributed by atoms with Crippen LogP contribution in [0.2, 0.25) is 0 Å². The minimum absolute atomic E-state index is 0.0488. The molecule has 14 aromatic carbocycles. The molecule has 6 heteroatoms. The Balaban J connectivity index is 1.01. The largest absolute Gasteiger partial charge is 0.310 e. The zero-order chi connectivity index (χ0) is 73.0. The van der Waals surface area contributed by atoms with Crippen molar-refractivity contribution in [3.63, 3.8) is 0 Å². The van der Waals surface area contributed by atoms with E-state index in [-0.39, 0.29) is 28.4 Å². The quantitative estimate of drug-likeness (QED) is 0.113. The molecule has 17 rings (SSSR count). The van der Waals surface area contributed by atoms with E-state index in [9.17, 15) is 0 Å². The lowest BCUT2D eigenvalue weighted by atomic mass is 9.34. The lowest BCUT2D eigenvalue weighted by molar-refractivity contribution is 0.568. The van der Waals surface area contributed by atoms with Crippen molar-refractivity contribution >= 4 is 108 Å². The van der Waals surface area contributed by atoms with E-state index in [0.29, 0.717) is 0 Å². The minimum Gasteiger partial charge on any atom is -0.310 e. The Morgan fingerprint density at radius 3 is 1.25 bits per heavy atom. The zero-order valence-corrected chi connectivity index (χ0v) is 63.7. The average Bonchev–Trinajstić information content (AvgIpc) is 1.21. The van der Waals surface area contributed by atoms with Crippen LogP contribution in [0.4, 0.5) is 51.2 Å². The number of hydrogen-bond donors (Lipinski definition) is 0. The zero-order valence-electron chi connectivity index (χ0n) is 62.9. The normalized spacial score (nSPS) is 12.8. The monoisotopic (exact) mass is 1390 g/mol. The summed E-state index contributed by atoms with van der Waals surface area (Å²) in [6.45, 7) is 27.7. The molecule has 0 bridgehead atoms. The molecular formula is C100H89BN4S. The molecule has 0 radical (unpaired) electrons. The second-order valence-electron chi connectivity index (χ2n) is 33.0. The van der Waals surface area contributed by atoms with Crippen molar-refractivity contribution in [2.24, 2.45) is 0 Å². The standard InChI is InChI=1S/C100H89BN4S/c1-97(2,3)72-50-46-68(47-51-72)83-43-29-44-84(69-48-52-73(53-49-69)98(4,5)6)95(83)105-90-63-80(102(76-36-21-15-22-37-76)78-40-27-34-70(58-78)66-30-17-13-18-31-66)54-55-86(90)101-87-56-57-89-93(85-42-25-26-45-88(85)104(89)81-61-74(99(7,8)9)60-75(62-81)100(10,11)12)96(87)106-92-65-82(64-91(105)94(92)101)103(77-38-23-16-24-39-77)79-41-28-35-71(59-79)67-32-19-14-20-33-67/h13-65H,1-12H3. The molecule has 0 fully saturated rings. The Labute approximate surface area is 631 Å². The van der Waals surface area contributed by atoms with Crippen molar-refractivity contribution in [2.45, 2.75) is 115 Å². The molecule has 3 heterocycles. The van der Waals surface area contributed by atoms with Crippen LogP contribution in [-0.2, 0) is 21.7 Å². The maximum absolute atomic E-state index is 2.70. The third kappa shape index (κ3) is 12.3. The molecule has 2 aliphatic rings. The van der Waals surface area contributed by atoms with Gasteiger partial charge in [-0.3, -0.25) is 0 Å². The lowest BCUT2D eigenvalue weighted by Crippen LogP contribution is -2.60. The van der Waals surface area contributed by atoms with Crippen molar-refractivity contribution in [3.8, 4) is 50.2 Å². The van der Waals surface area contributed by atoms with Gasteiger partial charge < -0.3 is 19.3 Å². The van der Waals surface area contributed by atoms with E-state index in [1.807, 2.05) is 11.8 Å². The smallest absolute Gasteiger partial charge is 0.249 e. The van der Waals surface area contributed by atoms with Gasteiger partial charge in [0.25, 0.3) is 0 Å². The summed E-state index contributed by atoms with van der Waals surface area (Å²) >= 11 is 1.95. The van der Waals surface area contributed by atoms with Gasteiger partial charge in [-0.1, -0.05) is 325 Å². The highest BCUT2D eigenvalue weighted by Crippen LogP contribution is 2.54. The van der Waals surface area contributed by atoms with Gasteiger partial charge in [0.05, 0.1) is 16.7 Å². The molecule has 106 heavy (non-hydrogen) atoms. The maximum Gasteiger partial charge on any atom is 0.249 e. The van der Waals surface area contributed by atoms with Gasteiger partial charge in [0.15, 0.2) is 0 Å². The van der Waals surface area contributed by atoms with Gasteiger partial charge in [0, 0.05) is 82.9 Å². The molecule has 0 spiro atoms. The van der Waals surface area contributed by atoms with Crippen LogP contribution in [0.25, 0.3) is 72.0 Å². The average molecular weight is 1390 g/mol. The van der Waals surface area contributed by atoms with Crippen LogP contribution in [0.15, 0.2) is 331 Å². The summed E-state index contributed by atoms with van der Waals surface area (Å²) in [5.41, 5.74) is 31.3. The second kappa shape index (κ2) is 26.4. The van der Waals surface area contributed by atoms with Crippen molar-refractivity contribution in [3.05, 3.63) is 344 Å². The Bertz CT molecular complexity index is 5730. The summed E-state index contributed by atoms with van der Waals surface area (Å²) in [4.78, 5) is 10.2. The van der Waals surface area contributed by atoms with Gasteiger partial charge in [0.1, 0.15) is 0 Å². The van der Waals surface area contributed by atoms with Gasteiger partial charge in [-0.05, 0) is 185 Å². The fourth-order valence-corrected chi connectivity index (χ4v) is 17.5. The summed E-state index contributed by atoms with van der Waals surface area (Å²) in [5, 5.41) is 2.50. The highest BCUT2D eigenvalue weighted by atomic mass is 32.2. The van der Waals surface area contributed by atoms with Crippen LogP contribution in [0.5, 0.6) is 0 Å². The molecule has 0 aliphatic carbocycles. The first-order valence-electron chi connectivity index (χ1n) is 37.5. The van der Waals surface area contributed by atoms with E-state index < -0.39 is 0 Å². The molecule has 0 N–H and O–H groups in total. The van der Waals surface area contributed by atoms with Gasteiger partial charge in [0.2, 0.25) is 6.71 Å². The Morgan fingerprint density at radius 1 is 0.302 bits per heavy atom. The number of benzene rings is 14. The predicted octanol–water partition coefficient (Wildman–Crippen LogP) is 26.3. The van der Waals surface area contributed by atoms with E-state index in [0.717, 1.165) is 84.6 Å². The molecule has 0 saturated carbocycles. The van der Waals surface area contributed by atoms with Gasteiger partial charge in [-0.25, -0.2) is 0 Å². The first-order valence-corrected chi connectivity index (χ1v) is 38.3. The van der Waals surface area contributed by atoms with Crippen LogP contribution in [0.3, 0.4) is 0 Å². The van der Waals surface area contributed by atoms with E-state index in [2.05, 4.69) is 424 Å². The van der Waals surface area contributed by atoms with Crippen molar-refractivity contribution in [2.75, 3.05) is 14.7 Å². The summed E-state index contributed by atoms with van der Waals surface area (Å²) in [5.74, 6) is 0. The summed E-state index contributed by atoms with van der Waals surface area (Å²) in [7, 11) is 0. The van der Waals surface area contributed by atoms with Crippen LogP contribution >= 0.6 is 11.8 Å². The number of anilines is 9. The summed E-state index contributed by atoms with van der Waals surface area (Å²) < 4.78 is 2.57. The summed E-state index contributed by atoms with van der Waals surface area (Å²) in [6, 6.07) is 122. The highest BCUT2D eigenvalue weighted by Gasteiger charge is 2.44. The van der Waals surface area contributed by atoms with Gasteiger partial charge >= 0.3 is 0 Å². The molecule has 0 atom stereocenters. The van der Waals surface area contributed by atoms with Crippen LogP contribution in [0, 0.1) is 0 Å².